The predicted molar refractivity (Wildman–Crippen MR) is 83.0 cm³/mol. The first kappa shape index (κ1) is 11.9. The van der Waals surface area contributed by atoms with Crippen molar-refractivity contribution < 1.29 is 4.74 Å². The van der Waals surface area contributed by atoms with Crippen LogP contribution in [-0.4, -0.2) is 16.5 Å². The molecule has 0 atom stereocenters. The molecule has 2 heterocycles. The third kappa shape index (κ3) is 1.62. The maximum absolute atomic E-state index is 12.8. The average Bonchev–Trinajstić information content (AvgIpc) is 2.99. The number of imidazole rings is 1. The van der Waals surface area contributed by atoms with Crippen LogP contribution in [0.2, 0.25) is 0 Å². The van der Waals surface area contributed by atoms with Gasteiger partial charge in [-0.3, -0.25) is 9.20 Å². The molecule has 0 amide bonds. The molecule has 0 aliphatic rings. The van der Waals surface area contributed by atoms with E-state index in [1.54, 1.807) is 19.4 Å². The number of ether oxygens (including phenoxy) is 1. The van der Waals surface area contributed by atoms with Crippen molar-refractivity contribution in [2.24, 2.45) is 0 Å². The molecule has 0 aliphatic heterocycles. The van der Waals surface area contributed by atoms with E-state index in [2.05, 4.69) is 4.98 Å². The monoisotopic (exact) mass is 276 g/mol. The number of hydrogen-bond acceptors (Lipinski definition) is 3. The van der Waals surface area contributed by atoms with E-state index in [9.17, 15) is 4.79 Å². The van der Waals surface area contributed by atoms with Gasteiger partial charge in [-0.1, -0.05) is 24.3 Å². The molecule has 0 unspecified atom stereocenters. The van der Waals surface area contributed by atoms with E-state index in [4.69, 9.17) is 4.74 Å². The number of aromatic nitrogens is 2. The van der Waals surface area contributed by atoms with Crippen molar-refractivity contribution in [3.63, 3.8) is 0 Å². The molecule has 2 aromatic heterocycles. The van der Waals surface area contributed by atoms with E-state index < -0.39 is 0 Å². The summed E-state index contributed by atoms with van der Waals surface area (Å²) < 4.78 is 7.21. The fraction of sp³-hybridized carbons (Fsp3) is 0.0588. The molecule has 0 N–H and O–H groups in total. The molecule has 0 fully saturated rings. The van der Waals surface area contributed by atoms with Crippen molar-refractivity contribution in [3.8, 4) is 5.75 Å². The maximum atomic E-state index is 12.8. The first-order valence-electron chi connectivity index (χ1n) is 6.65. The number of nitrogens with zero attached hydrogens (tertiary/aromatic N) is 2. The third-order valence-corrected chi connectivity index (χ3v) is 3.76. The first-order chi connectivity index (χ1) is 10.3. The SMILES string of the molecule is COc1ccc2c(=O)c3ccccc3c3nccn3c2c1. The lowest BCUT2D eigenvalue weighted by Crippen LogP contribution is -1.98. The van der Waals surface area contributed by atoms with Crippen molar-refractivity contribution in [1.82, 2.24) is 9.38 Å². The number of benzene rings is 2. The Morgan fingerprint density at radius 3 is 2.67 bits per heavy atom. The molecule has 0 aliphatic carbocycles. The van der Waals surface area contributed by atoms with Crippen molar-refractivity contribution >= 4 is 27.3 Å². The Balaban J connectivity index is 2.43. The van der Waals surface area contributed by atoms with Crippen molar-refractivity contribution in [2.75, 3.05) is 7.11 Å². The molecule has 0 bridgehead atoms. The van der Waals surface area contributed by atoms with E-state index >= 15 is 0 Å². The molecule has 0 radical (unpaired) electrons. The highest BCUT2D eigenvalue weighted by Crippen LogP contribution is 2.23. The molecular formula is C17H12N2O2. The van der Waals surface area contributed by atoms with Crippen LogP contribution in [0.15, 0.2) is 59.7 Å². The van der Waals surface area contributed by atoms with Gasteiger partial charge in [0.05, 0.1) is 12.6 Å². The topological polar surface area (TPSA) is 43.6 Å². The van der Waals surface area contributed by atoms with E-state index in [0.717, 1.165) is 16.6 Å². The summed E-state index contributed by atoms with van der Waals surface area (Å²) in [6, 6.07) is 13.0. The van der Waals surface area contributed by atoms with Gasteiger partial charge in [0.15, 0.2) is 5.43 Å². The molecule has 0 saturated carbocycles. The largest absolute Gasteiger partial charge is 0.497 e. The van der Waals surface area contributed by atoms with Gasteiger partial charge in [0.1, 0.15) is 11.4 Å². The zero-order chi connectivity index (χ0) is 14.4. The highest BCUT2D eigenvalue weighted by atomic mass is 16.5. The minimum Gasteiger partial charge on any atom is -0.497 e. The molecule has 4 aromatic rings. The lowest BCUT2D eigenvalue weighted by molar-refractivity contribution is 0.415. The molecule has 102 valence electrons. The first-order valence-corrected chi connectivity index (χ1v) is 6.65. The molecule has 0 spiro atoms. The second kappa shape index (κ2) is 4.31. The van der Waals surface area contributed by atoms with Gasteiger partial charge in [0, 0.05) is 34.6 Å². The second-order valence-corrected chi connectivity index (χ2v) is 4.88. The van der Waals surface area contributed by atoms with Gasteiger partial charge in [-0.25, -0.2) is 4.98 Å². The smallest absolute Gasteiger partial charge is 0.195 e. The van der Waals surface area contributed by atoms with Gasteiger partial charge in [0.25, 0.3) is 0 Å². The van der Waals surface area contributed by atoms with Gasteiger partial charge in [-0.05, 0) is 12.1 Å². The molecule has 21 heavy (non-hydrogen) atoms. The van der Waals surface area contributed by atoms with Crippen LogP contribution in [0.4, 0.5) is 0 Å². The van der Waals surface area contributed by atoms with Crippen molar-refractivity contribution in [3.05, 3.63) is 65.1 Å². The minimum absolute atomic E-state index is 0.00810. The Kier molecular flexibility index (Phi) is 2.44. The van der Waals surface area contributed by atoms with Crippen LogP contribution in [0.5, 0.6) is 5.75 Å². The summed E-state index contributed by atoms with van der Waals surface area (Å²) >= 11 is 0. The molecule has 4 rings (SSSR count). The minimum atomic E-state index is 0.00810. The molecule has 4 nitrogen and oxygen atoms in total. The Hall–Kier alpha value is -2.88. The summed E-state index contributed by atoms with van der Waals surface area (Å²) in [7, 11) is 1.61. The van der Waals surface area contributed by atoms with Crippen LogP contribution in [0.1, 0.15) is 0 Å². The van der Waals surface area contributed by atoms with Crippen molar-refractivity contribution in [1.29, 1.82) is 0 Å². The van der Waals surface area contributed by atoms with Gasteiger partial charge in [0.2, 0.25) is 0 Å². The molecule has 4 heteroatoms. The number of rotatable bonds is 1. The zero-order valence-corrected chi connectivity index (χ0v) is 11.4. The number of methoxy groups -OCH3 is 1. The Morgan fingerprint density at radius 1 is 1.05 bits per heavy atom. The van der Waals surface area contributed by atoms with Crippen LogP contribution >= 0.6 is 0 Å². The average molecular weight is 276 g/mol. The summed E-state index contributed by atoms with van der Waals surface area (Å²) in [6.07, 6.45) is 3.61. The summed E-state index contributed by atoms with van der Waals surface area (Å²) in [5.74, 6) is 0.715. The number of hydrogen-bond donors (Lipinski definition) is 0. The predicted octanol–water partition coefficient (Wildman–Crippen LogP) is 3.01. The van der Waals surface area contributed by atoms with Crippen LogP contribution < -0.4 is 10.2 Å². The summed E-state index contributed by atoms with van der Waals surface area (Å²) in [6.45, 7) is 0. The van der Waals surface area contributed by atoms with Crippen LogP contribution in [0, 0.1) is 0 Å². The van der Waals surface area contributed by atoms with Crippen LogP contribution in [0.3, 0.4) is 0 Å². The Labute approximate surface area is 120 Å². The summed E-state index contributed by atoms with van der Waals surface area (Å²) in [5.41, 5.74) is 1.57. The summed E-state index contributed by atoms with van der Waals surface area (Å²) in [4.78, 5) is 17.2. The van der Waals surface area contributed by atoms with Gasteiger partial charge < -0.3 is 4.74 Å². The Bertz CT molecular complexity index is 1050. The third-order valence-electron chi connectivity index (χ3n) is 3.76. The van der Waals surface area contributed by atoms with E-state index in [1.165, 1.54) is 0 Å². The highest BCUT2D eigenvalue weighted by Gasteiger charge is 2.09. The lowest BCUT2D eigenvalue weighted by atomic mass is 10.1. The highest BCUT2D eigenvalue weighted by molar-refractivity contribution is 5.99. The van der Waals surface area contributed by atoms with Gasteiger partial charge >= 0.3 is 0 Å². The normalized spacial score (nSPS) is 11.3. The van der Waals surface area contributed by atoms with E-state index in [-0.39, 0.29) is 5.43 Å². The maximum Gasteiger partial charge on any atom is 0.195 e. The van der Waals surface area contributed by atoms with Crippen LogP contribution in [-0.2, 0) is 0 Å². The molecular weight excluding hydrogens is 264 g/mol. The fourth-order valence-electron chi connectivity index (χ4n) is 2.75. The zero-order valence-electron chi connectivity index (χ0n) is 11.4. The van der Waals surface area contributed by atoms with Gasteiger partial charge in [-0.2, -0.15) is 0 Å². The molecule has 2 aromatic carbocycles. The standard InChI is InChI=1S/C17H12N2O2/c1-21-11-6-7-14-15(10-11)19-9-8-18-17(19)13-5-3-2-4-12(13)16(14)20/h2-10H,1H3. The van der Waals surface area contributed by atoms with E-state index in [0.29, 0.717) is 16.5 Å². The molecule has 0 saturated heterocycles. The lowest BCUT2D eigenvalue weighted by Gasteiger charge is -2.01. The van der Waals surface area contributed by atoms with E-state index in [1.807, 2.05) is 47.0 Å². The Morgan fingerprint density at radius 2 is 1.86 bits per heavy atom. The second-order valence-electron chi connectivity index (χ2n) is 4.88. The van der Waals surface area contributed by atoms with Crippen LogP contribution in [0.25, 0.3) is 27.3 Å². The van der Waals surface area contributed by atoms with Gasteiger partial charge in [-0.15, -0.1) is 0 Å². The fourth-order valence-corrected chi connectivity index (χ4v) is 2.75. The van der Waals surface area contributed by atoms with Crippen molar-refractivity contribution in [2.45, 2.75) is 0 Å². The number of fused-ring (bicyclic) bond motifs is 5. The quantitative estimate of drug-likeness (QED) is 0.537. The summed E-state index contributed by atoms with van der Waals surface area (Å²) in [5, 5.41) is 2.18.